The van der Waals surface area contributed by atoms with Gasteiger partial charge in [0.05, 0.1) is 5.56 Å². The van der Waals surface area contributed by atoms with Gasteiger partial charge in [0.25, 0.3) is 5.91 Å². The summed E-state index contributed by atoms with van der Waals surface area (Å²) >= 11 is 0. The molecule has 0 bridgehead atoms. The molecule has 2 N–H and O–H groups in total. The van der Waals surface area contributed by atoms with E-state index in [0.29, 0.717) is 17.4 Å². The normalized spacial score (nSPS) is 23.3. The Labute approximate surface area is 114 Å². The Hall–Kier alpha value is -1.000. The zero-order chi connectivity index (χ0) is 12.4. The molecule has 0 saturated carbocycles. The van der Waals surface area contributed by atoms with E-state index in [1.807, 2.05) is 13.8 Å². The van der Waals surface area contributed by atoms with E-state index < -0.39 is 0 Å². The van der Waals surface area contributed by atoms with E-state index in [1.54, 1.807) is 6.07 Å². The van der Waals surface area contributed by atoms with Crippen LogP contribution < -0.4 is 10.6 Å². The third-order valence-corrected chi connectivity index (χ3v) is 3.36. The molecule has 0 aromatic carbocycles. The monoisotopic (exact) mass is 272 g/mol. The minimum absolute atomic E-state index is 0. The number of rotatable bonds is 2. The van der Waals surface area contributed by atoms with Crippen LogP contribution in [-0.4, -0.2) is 24.5 Å². The molecule has 102 valence electrons. The van der Waals surface area contributed by atoms with Gasteiger partial charge in [-0.2, -0.15) is 0 Å². The summed E-state index contributed by atoms with van der Waals surface area (Å²) in [6, 6.07) is 2.35. The summed E-state index contributed by atoms with van der Waals surface area (Å²) in [5.41, 5.74) is 0.653. The van der Waals surface area contributed by atoms with Crippen molar-refractivity contribution in [3.05, 3.63) is 23.2 Å². The molecule has 1 aliphatic rings. The van der Waals surface area contributed by atoms with Crippen LogP contribution in [0, 0.1) is 13.8 Å². The van der Waals surface area contributed by atoms with Gasteiger partial charge >= 0.3 is 0 Å². The van der Waals surface area contributed by atoms with Gasteiger partial charge < -0.3 is 15.1 Å². The largest absolute Gasteiger partial charge is 0.466 e. The molecule has 1 aliphatic heterocycles. The van der Waals surface area contributed by atoms with Gasteiger partial charge in [-0.1, -0.05) is 0 Å². The molecule has 0 aliphatic carbocycles. The first-order chi connectivity index (χ1) is 8.08. The van der Waals surface area contributed by atoms with E-state index in [9.17, 15) is 4.79 Å². The third kappa shape index (κ3) is 3.27. The van der Waals surface area contributed by atoms with Crippen molar-refractivity contribution in [1.82, 2.24) is 10.6 Å². The predicted molar refractivity (Wildman–Crippen MR) is 73.4 cm³/mol. The van der Waals surface area contributed by atoms with Crippen LogP contribution in [-0.2, 0) is 0 Å². The maximum atomic E-state index is 12.1. The number of aryl methyl sites for hydroxylation is 2. The second-order valence-electron chi connectivity index (χ2n) is 4.79. The molecule has 2 unspecified atom stereocenters. The summed E-state index contributed by atoms with van der Waals surface area (Å²) in [5.74, 6) is 1.44. The van der Waals surface area contributed by atoms with E-state index in [1.165, 1.54) is 0 Å². The Morgan fingerprint density at radius 2 is 2.22 bits per heavy atom. The zero-order valence-corrected chi connectivity index (χ0v) is 11.9. The van der Waals surface area contributed by atoms with Gasteiger partial charge in [0.1, 0.15) is 11.5 Å². The first-order valence-electron chi connectivity index (χ1n) is 6.19. The summed E-state index contributed by atoms with van der Waals surface area (Å²) in [7, 11) is 0. The average Bonchev–Trinajstić information content (AvgIpc) is 2.61. The Morgan fingerprint density at radius 3 is 2.78 bits per heavy atom. The highest BCUT2D eigenvalue weighted by atomic mass is 35.5. The number of halogens is 1. The lowest BCUT2D eigenvalue weighted by atomic mass is 9.99. The summed E-state index contributed by atoms with van der Waals surface area (Å²) in [6.07, 6.45) is 2.15. The second-order valence-corrected chi connectivity index (χ2v) is 4.79. The fourth-order valence-corrected chi connectivity index (χ4v) is 2.34. The number of furan rings is 1. The van der Waals surface area contributed by atoms with Gasteiger partial charge in [0, 0.05) is 12.1 Å². The highest BCUT2D eigenvalue weighted by molar-refractivity contribution is 5.95. The van der Waals surface area contributed by atoms with Crippen LogP contribution in [0.5, 0.6) is 0 Å². The van der Waals surface area contributed by atoms with Crippen molar-refractivity contribution >= 4 is 18.3 Å². The van der Waals surface area contributed by atoms with Crippen molar-refractivity contribution in [3.63, 3.8) is 0 Å². The molecule has 1 fully saturated rings. The maximum Gasteiger partial charge on any atom is 0.255 e. The molecule has 2 rings (SSSR count). The van der Waals surface area contributed by atoms with Crippen molar-refractivity contribution in [2.24, 2.45) is 0 Å². The summed E-state index contributed by atoms with van der Waals surface area (Å²) < 4.78 is 5.38. The lowest BCUT2D eigenvalue weighted by Crippen LogP contribution is -2.51. The minimum Gasteiger partial charge on any atom is -0.466 e. The van der Waals surface area contributed by atoms with Gasteiger partial charge in [0.2, 0.25) is 0 Å². The van der Waals surface area contributed by atoms with Crippen molar-refractivity contribution in [2.45, 2.75) is 45.7 Å². The number of amides is 1. The minimum atomic E-state index is -0.0279. The van der Waals surface area contributed by atoms with E-state index in [2.05, 4.69) is 17.6 Å². The number of piperidine rings is 1. The molecule has 2 atom stereocenters. The van der Waals surface area contributed by atoms with Gasteiger partial charge in [0.15, 0.2) is 0 Å². The molecule has 5 heteroatoms. The van der Waals surface area contributed by atoms with Crippen LogP contribution in [0.3, 0.4) is 0 Å². The molecule has 18 heavy (non-hydrogen) atoms. The molecular formula is C13H21ClN2O2. The van der Waals surface area contributed by atoms with E-state index >= 15 is 0 Å². The van der Waals surface area contributed by atoms with Crippen molar-refractivity contribution in [2.75, 3.05) is 6.54 Å². The zero-order valence-electron chi connectivity index (χ0n) is 11.1. The van der Waals surface area contributed by atoms with Crippen LogP contribution in [0.1, 0.15) is 41.6 Å². The Kier molecular flexibility index (Phi) is 5.23. The number of hydrogen-bond acceptors (Lipinski definition) is 3. The van der Waals surface area contributed by atoms with Crippen LogP contribution in [0.25, 0.3) is 0 Å². The summed E-state index contributed by atoms with van der Waals surface area (Å²) in [6.45, 7) is 6.83. The number of hydrogen-bond donors (Lipinski definition) is 2. The average molecular weight is 273 g/mol. The van der Waals surface area contributed by atoms with E-state index in [0.717, 1.165) is 25.1 Å². The van der Waals surface area contributed by atoms with Crippen molar-refractivity contribution in [3.8, 4) is 0 Å². The quantitative estimate of drug-likeness (QED) is 0.868. The number of carbonyl (C=O) groups is 1. The lowest BCUT2D eigenvalue weighted by molar-refractivity contribution is 0.0918. The summed E-state index contributed by atoms with van der Waals surface area (Å²) in [5, 5.41) is 6.45. The number of nitrogens with one attached hydrogen (secondary N) is 2. The van der Waals surface area contributed by atoms with Crippen molar-refractivity contribution in [1.29, 1.82) is 0 Å². The Balaban J connectivity index is 0.00000162. The topological polar surface area (TPSA) is 54.3 Å². The Bertz CT molecular complexity index is 417. The molecule has 0 spiro atoms. The van der Waals surface area contributed by atoms with Crippen LogP contribution >= 0.6 is 12.4 Å². The van der Waals surface area contributed by atoms with E-state index in [-0.39, 0.29) is 24.4 Å². The smallest absolute Gasteiger partial charge is 0.255 e. The fourth-order valence-electron chi connectivity index (χ4n) is 2.34. The molecule has 0 radical (unpaired) electrons. The second kappa shape index (κ2) is 6.25. The summed E-state index contributed by atoms with van der Waals surface area (Å²) in [4.78, 5) is 12.1. The highest BCUT2D eigenvalue weighted by Gasteiger charge is 2.24. The molecular weight excluding hydrogens is 252 g/mol. The Morgan fingerprint density at radius 1 is 1.50 bits per heavy atom. The predicted octanol–water partition coefficient (Wildman–Crippen LogP) is 2.19. The van der Waals surface area contributed by atoms with Gasteiger partial charge in [-0.15, -0.1) is 12.4 Å². The molecule has 1 aromatic rings. The SMILES string of the molecule is Cc1cc(C(=O)NC2CCCNC2C)c(C)o1.Cl. The van der Waals surface area contributed by atoms with E-state index in [4.69, 9.17) is 4.42 Å². The molecule has 2 heterocycles. The maximum absolute atomic E-state index is 12.1. The van der Waals surface area contributed by atoms with Crippen LogP contribution in [0.2, 0.25) is 0 Å². The standard InChI is InChI=1S/C13H20N2O2.ClH/c1-8-7-11(10(3)17-8)13(16)15-12-5-4-6-14-9(12)2;/h7,9,12,14H,4-6H2,1-3H3,(H,15,16);1H. The molecule has 1 aromatic heterocycles. The lowest BCUT2D eigenvalue weighted by Gasteiger charge is -2.30. The third-order valence-electron chi connectivity index (χ3n) is 3.36. The van der Waals surface area contributed by atoms with Crippen LogP contribution in [0.4, 0.5) is 0 Å². The first kappa shape index (κ1) is 15.1. The molecule has 4 nitrogen and oxygen atoms in total. The molecule has 1 amide bonds. The molecule has 1 saturated heterocycles. The number of carbonyl (C=O) groups excluding carboxylic acids is 1. The van der Waals surface area contributed by atoms with Gasteiger partial charge in [-0.25, -0.2) is 0 Å². The van der Waals surface area contributed by atoms with Gasteiger partial charge in [-0.3, -0.25) is 4.79 Å². The van der Waals surface area contributed by atoms with Crippen molar-refractivity contribution < 1.29 is 9.21 Å². The fraction of sp³-hybridized carbons (Fsp3) is 0.615. The first-order valence-corrected chi connectivity index (χ1v) is 6.19. The van der Waals surface area contributed by atoms with Gasteiger partial charge in [-0.05, 0) is 46.2 Å². The van der Waals surface area contributed by atoms with Crippen LogP contribution in [0.15, 0.2) is 10.5 Å². The highest BCUT2D eigenvalue weighted by Crippen LogP contribution is 2.15.